The minimum absolute atomic E-state index is 0.00198. The Hall–Kier alpha value is -3.22. The smallest absolute Gasteiger partial charge is 0.299 e. The molecule has 0 unspecified atom stereocenters. The molecule has 0 saturated heterocycles. The number of rotatable bonds is 11. The van der Waals surface area contributed by atoms with E-state index in [-0.39, 0.29) is 18.1 Å². The zero-order chi connectivity index (χ0) is 27.7. The molecule has 0 radical (unpaired) electrons. The maximum absolute atomic E-state index is 14.0. The summed E-state index contributed by atoms with van der Waals surface area (Å²) in [6.45, 7) is 6.26. The number of furan rings is 1. The number of aromatic nitrogens is 1. The van der Waals surface area contributed by atoms with Crippen molar-refractivity contribution in [3.8, 4) is 5.75 Å². The van der Waals surface area contributed by atoms with E-state index in [2.05, 4.69) is 4.98 Å². The Morgan fingerprint density at radius 3 is 2.45 bits per heavy atom. The summed E-state index contributed by atoms with van der Waals surface area (Å²) in [5.74, 6) is 1.58. The van der Waals surface area contributed by atoms with Gasteiger partial charge in [-0.05, 0) is 69.4 Å². The number of nitrogens with two attached hydrogens (primary N) is 1. The highest BCUT2D eigenvalue weighted by molar-refractivity contribution is 7.87. The van der Waals surface area contributed by atoms with Gasteiger partial charge in [0.15, 0.2) is 0 Å². The fraction of sp³-hybridized carbons (Fsp3) is 0.423. The standard InChI is InChI=1S/C26H32N4O6S2/c1-16-14-21(36-17(16)2)6-5-13-30(15-22-28-23(18(3)37-22)24(31)29-38(27,33)34)25(32)26(11-12-26)19-7-9-20(35-4)10-8-19/h7-10,14H,5-6,11-13,15H2,1-4H3,(H,29,31)(H2,27,33,34). The van der Waals surface area contributed by atoms with Gasteiger partial charge in [-0.1, -0.05) is 12.1 Å². The highest BCUT2D eigenvalue weighted by Gasteiger charge is 2.53. The molecule has 10 nitrogen and oxygen atoms in total. The van der Waals surface area contributed by atoms with Crippen molar-refractivity contribution in [2.45, 2.75) is 58.4 Å². The van der Waals surface area contributed by atoms with Crippen LogP contribution in [-0.4, -0.2) is 43.8 Å². The van der Waals surface area contributed by atoms with Crippen LogP contribution in [0.2, 0.25) is 0 Å². The lowest BCUT2D eigenvalue weighted by Gasteiger charge is -2.27. The second kappa shape index (κ2) is 10.9. The second-order valence-corrected chi connectivity index (χ2v) is 12.2. The number of hydrogen-bond donors (Lipinski definition) is 2. The molecule has 204 valence electrons. The zero-order valence-electron chi connectivity index (χ0n) is 21.9. The third-order valence-electron chi connectivity index (χ3n) is 6.77. The summed E-state index contributed by atoms with van der Waals surface area (Å²) in [5.41, 5.74) is 1.40. The van der Waals surface area contributed by atoms with Gasteiger partial charge in [0, 0.05) is 17.8 Å². The summed E-state index contributed by atoms with van der Waals surface area (Å²) < 4.78 is 35.4. The Bertz CT molecular complexity index is 1420. The van der Waals surface area contributed by atoms with Crippen molar-refractivity contribution in [2.24, 2.45) is 5.14 Å². The highest BCUT2D eigenvalue weighted by atomic mass is 32.2. The summed E-state index contributed by atoms with van der Waals surface area (Å²) in [5, 5.41) is 5.47. The van der Waals surface area contributed by atoms with E-state index in [0.29, 0.717) is 29.3 Å². The lowest BCUT2D eigenvalue weighted by molar-refractivity contribution is -0.134. The van der Waals surface area contributed by atoms with Crippen molar-refractivity contribution in [3.63, 3.8) is 0 Å². The van der Waals surface area contributed by atoms with Crippen LogP contribution < -0.4 is 14.6 Å². The van der Waals surface area contributed by atoms with Crippen LogP contribution in [0, 0.1) is 20.8 Å². The fourth-order valence-electron chi connectivity index (χ4n) is 4.50. The Morgan fingerprint density at radius 2 is 1.89 bits per heavy atom. The molecule has 0 aliphatic heterocycles. The first-order valence-electron chi connectivity index (χ1n) is 12.2. The number of nitrogens with one attached hydrogen (secondary N) is 1. The Kier molecular flexibility index (Phi) is 7.96. The first-order valence-corrected chi connectivity index (χ1v) is 14.6. The molecule has 1 aliphatic carbocycles. The van der Waals surface area contributed by atoms with Crippen molar-refractivity contribution in [1.82, 2.24) is 14.6 Å². The molecule has 1 aromatic carbocycles. The second-order valence-electron chi connectivity index (χ2n) is 9.58. The summed E-state index contributed by atoms with van der Waals surface area (Å²) >= 11 is 1.24. The number of amides is 2. The summed E-state index contributed by atoms with van der Waals surface area (Å²) in [7, 11) is -2.62. The molecular formula is C26H32N4O6S2. The van der Waals surface area contributed by atoms with E-state index in [1.807, 2.05) is 44.2 Å². The third-order valence-corrected chi connectivity index (χ3v) is 8.20. The first-order chi connectivity index (χ1) is 17.9. The molecular weight excluding hydrogens is 528 g/mol. The molecule has 2 amide bonds. The van der Waals surface area contributed by atoms with Crippen molar-refractivity contribution in [1.29, 1.82) is 0 Å². The number of carbonyl (C=O) groups excluding carboxylic acids is 2. The normalized spacial score (nSPS) is 14.2. The number of thiazole rings is 1. The van der Waals surface area contributed by atoms with E-state index in [1.165, 1.54) is 11.3 Å². The maximum atomic E-state index is 14.0. The topological polar surface area (TPSA) is 145 Å². The van der Waals surface area contributed by atoms with E-state index < -0.39 is 21.5 Å². The van der Waals surface area contributed by atoms with Gasteiger partial charge in [0.25, 0.3) is 16.1 Å². The number of hydrogen-bond acceptors (Lipinski definition) is 8. The van der Waals surface area contributed by atoms with Crippen LogP contribution in [-0.2, 0) is 33.4 Å². The number of carbonyl (C=O) groups is 2. The van der Waals surface area contributed by atoms with Crippen LogP contribution in [0.4, 0.5) is 0 Å². The van der Waals surface area contributed by atoms with Gasteiger partial charge in [-0.3, -0.25) is 9.59 Å². The van der Waals surface area contributed by atoms with Gasteiger partial charge >= 0.3 is 0 Å². The van der Waals surface area contributed by atoms with Gasteiger partial charge in [0.2, 0.25) is 5.91 Å². The Morgan fingerprint density at radius 1 is 1.21 bits per heavy atom. The molecule has 0 atom stereocenters. The molecule has 3 N–H and O–H groups in total. The predicted molar refractivity (Wildman–Crippen MR) is 143 cm³/mol. The van der Waals surface area contributed by atoms with Gasteiger partial charge in [0.05, 0.1) is 19.1 Å². The number of methoxy groups -OCH3 is 1. The van der Waals surface area contributed by atoms with Crippen molar-refractivity contribution >= 4 is 33.4 Å². The number of aryl methyl sites for hydroxylation is 4. The van der Waals surface area contributed by atoms with Crippen LogP contribution in [0.15, 0.2) is 34.7 Å². The molecule has 2 heterocycles. The molecule has 12 heteroatoms. The van der Waals surface area contributed by atoms with Crippen molar-refractivity contribution in [3.05, 3.63) is 68.6 Å². The van der Waals surface area contributed by atoms with E-state index in [9.17, 15) is 18.0 Å². The van der Waals surface area contributed by atoms with Crippen LogP contribution in [0.5, 0.6) is 5.75 Å². The summed E-state index contributed by atoms with van der Waals surface area (Å²) in [4.78, 5) is 33.0. The van der Waals surface area contributed by atoms with Gasteiger partial charge in [0.1, 0.15) is 28.0 Å². The minimum atomic E-state index is -4.22. The monoisotopic (exact) mass is 560 g/mol. The summed E-state index contributed by atoms with van der Waals surface area (Å²) in [6.07, 6.45) is 2.83. The molecule has 1 saturated carbocycles. The van der Waals surface area contributed by atoms with E-state index >= 15 is 0 Å². The van der Waals surface area contributed by atoms with Crippen LogP contribution in [0.3, 0.4) is 0 Å². The van der Waals surface area contributed by atoms with E-state index in [4.69, 9.17) is 14.3 Å². The van der Waals surface area contributed by atoms with Crippen LogP contribution in [0.25, 0.3) is 0 Å². The minimum Gasteiger partial charge on any atom is -0.497 e. The van der Waals surface area contributed by atoms with E-state index in [1.54, 1.807) is 23.7 Å². The van der Waals surface area contributed by atoms with Gasteiger partial charge in [-0.2, -0.15) is 8.42 Å². The molecule has 1 aliphatic rings. The average Bonchev–Trinajstić information content (AvgIpc) is 3.49. The van der Waals surface area contributed by atoms with Gasteiger partial charge < -0.3 is 14.1 Å². The lowest BCUT2D eigenvalue weighted by atomic mass is 9.94. The Labute approximate surface area is 226 Å². The third kappa shape index (κ3) is 6.25. The molecule has 0 bridgehead atoms. The van der Waals surface area contributed by atoms with Crippen LogP contribution in [0.1, 0.15) is 62.3 Å². The average molecular weight is 561 g/mol. The first kappa shape index (κ1) is 27.8. The molecule has 38 heavy (non-hydrogen) atoms. The number of nitrogens with zero attached hydrogens (tertiary/aromatic N) is 2. The fourth-order valence-corrected chi connectivity index (χ4v) is 5.80. The molecule has 0 spiro atoms. The van der Waals surface area contributed by atoms with E-state index in [0.717, 1.165) is 41.2 Å². The van der Waals surface area contributed by atoms with Crippen molar-refractivity contribution < 1.29 is 27.2 Å². The quantitative estimate of drug-likeness (QED) is 0.366. The van der Waals surface area contributed by atoms with Crippen LogP contribution >= 0.6 is 11.3 Å². The molecule has 1 fully saturated rings. The SMILES string of the molecule is COc1ccc(C2(C(=O)N(CCCc3cc(C)c(C)o3)Cc3nc(C(=O)NS(N)(=O)=O)c(C)s3)CC2)cc1. The highest BCUT2D eigenvalue weighted by Crippen LogP contribution is 2.50. The predicted octanol–water partition coefficient (Wildman–Crippen LogP) is 3.30. The number of benzene rings is 1. The summed E-state index contributed by atoms with van der Waals surface area (Å²) in [6, 6.07) is 9.59. The molecule has 3 aromatic rings. The largest absolute Gasteiger partial charge is 0.497 e. The Balaban J connectivity index is 1.56. The molecule has 2 aromatic heterocycles. The van der Waals surface area contributed by atoms with Gasteiger partial charge in [-0.25, -0.2) is 14.8 Å². The van der Waals surface area contributed by atoms with Crippen molar-refractivity contribution in [2.75, 3.05) is 13.7 Å². The zero-order valence-corrected chi connectivity index (χ0v) is 23.5. The maximum Gasteiger partial charge on any atom is 0.299 e. The van der Waals surface area contributed by atoms with Gasteiger partial charge in [-0.15, -0.1) is 11.3 Å². The molecule has 4 rings (SSSR count). The number of ether oxygens (including phenoxy) is 1. The lowest BCUT2D eigenvalue weighted by Crippen LogP contribution is -2.39.